The quantitative estimate of drug-likeness (QED) is 0.163. The van der Waals surface area contributed by atoms with Gasteiger partial charge in [-0.15, -0.1) is 0 Å². The van der Waals surface area contributed by atoms with Gasteiger partial charge in [-0.3, -0.25) is 0 Å². The minimum atomic E-state index is -0.161. The van der Waals surface area contributed by atoms with E-state index in [1.807, 2.05) is 0 Å². The van der Waals surface area contributed by atoms with Crippen LogP contribution in [0.4, 0.5) is 34.1 Å². The van der Waals surface area contributed by atoms with E-state index in [1.54, 1.807) is 0 Å². The highest BCUT2D eigenvalue weighted by Gasteiger charge is 2.37. The Kier molecular flexibility index (Phi) is 7.80. The molecule has 0 spiro atoms. The average molecular weight is 746 g/mol. The highest BCUT2D eigenvalue weighted by atomic mass is 16.3. The fourth-order valence-electron chi connectivity index (χ4n) is 9.08. The summed E-state index contributed by atoms with van der Waals surface area (Å²) < 4.78 is 6.70. The molecule has 0 N–H and O–H groups in total. The number of aromatic nitrogens is 1. The summed E-state index contributed by atoms with van der Waals surface area (Å²) in [4.78, 5) is 9.62. The van der Waals surface area contributed by atoms with Gasteiger partial charge in [0, 0.05) is 50.5 Å². The molecule has 4 heteroatoms. The zero-order valence-corrected chi connectivity index (χ0v) is 32.3. The Morgan fingerprint density at radius 1 is 0.431 bits per heavy atom. The molecular weight excluding hydrogens is 707 g/mol. The third-order valence-corrected chi connectivity index (χ3v) is 11.8. The predicted octanol–water partition coefficient (Wildman–Crippen LogP) is 15.0. The summed E-state index contributed by atoms with van der Waals surface area (Å²) in [7, 11) is 0. The van der Waals surface area contributed by atoms with E-state index in [1.165, 1.54) is 38.4 Å². The van der Waals surface area contributed by atoms with Crippen LogP contribution in [0.15, 0.2) is 205 Å². The average Bonchev–Trinajstić information content (AvgIpc) is 3.81. The van der Waals surface area contributed by atoms with Gasteiger partial charge in [-0.25, -0.2) is 4.98 Å². The van der Waals surface area contributed by atoms with Crippen LogP contribution in [0, 0.1) is 0 Å². The van der Waals surface area contributed by atoms with Crippen molar-refractivity contribution in [3.8, 4) is 22.6 Å². The Morgan fingerprint density at radius 3 is 1.55 bits per heavy atom. The van der Waals surface area contributed by atoms with Crippen LogP contribution in [-0.4, -0.2) is 4.98 Å². The zero-order valence-electron chi connectivity index (χ0n) is 32.3. The Hall–Kier alpha value is -7.43. The number of hydrogen-bond acceptors (Lipinski definition) is 4. The second-order valence-corrected chi connectivity index (χ2v) is 15.6. The lowest BCUT2D eigenvalue weighted by Crippen LogP contribution is -2.15. The number of fused-ring (bicyclic) bond motifs is 8. The number of anilines is 6. The Bertz CT molecular complexity index is 3090. The van der Waals surface area contributed by atoms with Gasteiger partial charge in [0.05, 0.1) is 0 Å². The standard InChI is InChI=1S/C54H39N3O/c1-54(2)49-34-38-16-13-12-15-37(38)33-48(49)46-29-30-47-45(51(46)54)31-32-50-52(47)58-53(55-50)36-25-27-42(28-26-36)57(41-21-10-5-11-22-41)44-24-14-23-43(35-44)56(39-17-6-3-7-18-39)40-19-8-4-9-20-40/h3-35H,1-2H3. The van der Waals surface area contributed by atoms with Crippen molar-refractivity contribution in [3.05, 3.63) is 211 Å². The molecule has 0 fully saturated rings. The third kappa shape index (κ3) is 5.48. The van der Waals surface area contributed by atoms with Crippen LogP contribution in [0.3, 0.4) is 0 Å². The molecule has 0 saturated carbocycles. The van der Waals surface area contributed by atoms with Crippen molar-refractivity contribution in [1.29, 1.82) is 0 Å². The molecule has 0 radical (unpaired) electrons. The Labute approximate surface area is 337 Å². The molecule has 1 aromatic heterocycles. The largest absolute Gasteiger partial charge is 0.435 e. The van der Waals surface area contributed by atoms with Crippen molar-refractivity contribution in [3.63, 3.8) is 0 Å². The topological polar surface area (TPSA) is 32.5 Å². The first-order valence-electron chi connectivity index (χ1n) is 19.9. The van der Waals surface area contributed by atoms with Crippen LogP contribution in [0.2, 0.25) is 0 Å². The lowest BCUT2D eigenvalue weighted by Gasteiger charge is -2.29. The summed E-state index contributed by atoms with van der Waals surface area (Å²) in [5, 5.41) is 4.85. The van der Waals surface area contributed by atoms with Crippen molar-refractivity contribution in [2.45, 2.75) is 19.3 Å². The van der Waals surface area contributed by atoms with Crippen LogP contribution in [-0.2, 0) is 5.41 Å². The summed E-state index contributed by atoms with van der Waals surface area (Å²) in [6, 6.07) is 71.1. The first kappa shape index (κ1) is 33.9. The number of rotatable bonds is 7. The minimum Gasteiger partial charge on any atom is -0.435 e. The molecule has 0 unspecified atom stereocenters. The van der Waals surface area contributed by atoms with Crippen LogP contribution in [0.1, 0.15) is 25.0 Å². The molecule has 1 heterocycles. The van der Waals surface area contributed by atoms with Crippen LogP contribution in [0.5, 0.6) is 0 Å². The molecular formula is C54H39N3O. The molecule has 0 bridgehead atoms. The van der Waals surface area contributed by atoms with Gasteiger partial charge in [-0.05, 0) is 142 Å². The van der Waals surface area contributed by atoms with E-state index in [0.29, 0.717) is 5.89 Å². The van der Waals surface area contributed by atoms with Crippen LogP contribution < -0.4 is 9.80 Å². The second-order valence-electron chi connectivity index (χ2n) is 15.6. The summed E-state index contributed by atoms with van der Waals surface area (Å²) in [6.45, 7) is 4.70. The Balaban J connectivity index is 0.971. The molecule has 276 valence electrons. The van der Waals surface area contributed by atoms with Crippen molar-refractivity contribution in [1.82, 2.24) is 4.98 Å². The molecule has 1 aliphatic carbocycles. The van der Waals surface area contributed by atoms with Crippen molar-refractivity contribution in [2.75, 3.05) is 9.80 Å². The molecule has 0 amide bonds. The molecule has 9 aromatic carbocycles. The van der Waals surface area contributed by atoms with Crippen molar-refractivity contribution < 1.29 is 4.42 Å². The van der Waals surface area contributed by atoms with E-state index in [-0.39, 0.29) is 5.41 Å². The summed E-state index contributed by atoms with van der Waals surface area (Å²) in [6.07, 6.45) is 0. The maximum absolute atomic E-state index is 6.70. The summed E-state index contributed by atoms with van der Waals surface area (Å²) >= 11 is 0. The lowest BCUT2D eigenvalue weighted by molar-refractivity contribution is 0.623. The minimum absolute atomic E-state index is 0.161. The van der Waals surface area contributed by atoms with Gasteiger partial charge in [-0.1, -0.05) is 111 Å². The SMILES string of the molecule is CC1(C)c2cc3ccccc3cc2-c2ccc3c(ccc4nc(-c5ccc(N(c6ccccc6)c6cccc(N(c7ccccc7)c7ccccc7)c6)cc5)oc43)c21. The number of para-hydroxylation sites is 3. The maximum Gasteiger partial charge on any atom is 0.227 e. The van der Waals surface area contributed by atoms with Gasteiger partial charge in [0.1, 0.15) is 5.52 Å². The van der Waals surface area contributed by atoms with E-state index in [9.17, 15) is 0 Å². The van der Waals surface area contributed by atoms with E-state index in [0.717, 1.165) is 56.2 Å². The number of hydrogen-bond donors (Lipinski definition) is 0. The van der Waals surface area contributed by atoms with Gasteiger partial charge in [0.2, 0.25) is 5.89 Å². The van der Waals surface area contributed by atoms with E-state index >= 15 is 0 Å². The molecule has 0 saturated heterocycles. The fraction of sp³-hybridized carbons (Fsp3) is 0.0556. The molecule has 10 aromatic rings. The zero-order chi connectivity index (χ0) is 38.8. The fourth-order valence-corrected chi connectivity index (χ4v) is 9.08. The van der Waals surface area contributed by atoms with E-state index in [4.69, 9.17) is 9.40 Å². The first-order valence-corrected chi connectivity index (χ1v) is 19.9. The first-order chi connectivity index (χ1) is 28.5. The number of benzene rings is 9. The van der Waals surface area contributed by atoms with Crippen LogP contribution >= 0.6 is 0 Å². The Morgan fingerprint density at radius 2 is 0.948 bits per heavy atom. The molecule has 58 heavy (non-hydrogen) atoms. The van der Waals surface area contributed by atoms with Gasteiger partial charge in [-0.2, -0.15) is 0 Å². The highest BCUT2D eigenvalue weighted by molar-refractivity contribution is 6.09. The van der Waals surface area contributed by atoms with E-state index in [2.05, 4.69) is 224 Å². The number of nitrogens with zero attached hydrogens (tertiary/aromatic N) is 3. The smallest absolute Gasteiger partial charge is 0.227 e. The lowest BCUT2D eigenvalue weighted by atomic mass is 9.80. The molecule has 0 atom stereocenters. The summed E-state index contributed by atoms with van der Waals surface area (Å²) in [5.74, 6) is 0.609. The third-order valence-electron chi connectivity index (χ3n) is 11.8. The highest BCUT2D eigenvalue weighted by Crippen LogP contribution is 2.53. The van der Waals surface area contributed by atoms with Crippen LogP contribution in [0.25, 0.3) is 55.2 Å². The van der Waals surface area contributed by atoms with Gasteiger partial charge < -0.3 is 14.2 Å². The predicted molar refractivity (Wildman–Crippen MR) is 241 cm³/mol. The molecule has 0 aliphatic heterocycles. The molecule has 1 aliphatic rings. The maximum atomic E-state index is 6.70. The molecule has 4 nitrogen and oxygen atoms in total. The monoisotopic (exact) mass is 745 g/mol. The van der Waals surface area contributed by atoms with E-state index < -0.39 is 0 Å². The van der Waals surface area contributed by atoms with Crippen molar-refractivity contribution >= 4 is 66.8 Å². The second kappa shape index (κ2) is 13.4. The molecule has 11 rings (SSSR count). The normalized spacial score (nSPS) is 12.8. The van der Waals surface area contributed by atoms with Crippen molar-refractivity contribution in [2.24, 2.45) is 0 Å². The van der Waals surface area contributed by atoms with Gasteiger partial charge in [0.15, 0.2) is 5.58 Å². The van der Waals surface area contributed by atoms with Gasteiger partial charge in [0.25, 0.3) is 0 Å². The number of oxazole rings is 1. The summed E-state index contributed by atoms with van der Waals surface area (Å²) in [5.41, 5.74) is 14.2. The van der Waals surface area contributed by atoms with Gasteiger partial charge >= 0.3 is 0 Å².